The van der Waals surface area contributed by atoms with Crippen molar-refractivity contribution in [3.05, 3.63) is 34.9 Å². The quantitative estimate of drug-likeness (QED) is 0.283. The Labute approximate surface area is 272 Å². The molecule has 14 heteroatoms. The van der Waals surface area contributed by atoms with Gasteiger partial charge in [0.25, 0.3) is 0 Å². The number of nitrogens with two attached hydrogens (primary N) is 1. The zero-order valence-corrected chi connectivity index (χ0v) is 26.9. The number of fused-ring (bicyclic) bond motifs is 3. The number of likely N-dealkylation sites (tertiary alicyclic amines) is 1. The zero-order valence-electron chi connectivity index (χ0n) is 25.3. The monoisotopic (exact) mass is 671 g/mol. The van der Waals surface area contributed by atoms with Crippen LogP contribution in [0.5, 0.6) is 6.01 Å². The molecule has 4 aromatic rings. The Balaban J connectivity index is 1.20. The molecule has 242 valence electrons. The van der Waals surface area contributed by atoms with Crippen LogP contribution >= 0.6 is 22.9 Å². The van der Waals surface area contributed by atoms with E-state index in [0.717, 1.165) is 56.7 Å². The van der Waals surface area contributed by atoms with E-state index in [1.807, 2.05) is 4.90 Å². The summed E-state index contributed by atoms with van der Waals surface area (Å²) in [5.41, 5.74) is 6.11. The third kappa shape index (κ3) is 4.76. The normalized spacial score (nSPS) is 24.2. The third-order valence-electron chi connectivity index (χ3n) is 10.5. The van der Waals surface area contributed by atoms with Crippen LogP contribution in [0.25, 0.3) is 32.2 Å². The molecule has 2 aromatic carbocycles. The summed E-state index contributed by atoms with van der Waals surface area (Å²) in [7, 11) is 0. The molecule has 0 radical (unpaired) electrons. The van der Waals surface area contributed by atoms with Crippen LogP contribution in [0.3, 0.4) is 0 Å². The fraction of sp³-hybridized carbons (Fsp3) is 0.500. The Morgan fingerprint density at radius 3 is 2.67 bits per heavy atom. The highest BCUT2D eigenvalue weighted by molar-refractivity contribution is 7.22. The van der Waals surface area contributed by atoms with Gasteiger partial charge in [-0.15, -0.1) is 0 Å². The number of amides is 1. The fourth-order valence-corrected chi connectivity index (χ4v) is 9.11. The van der Waals surface area contributed by atoms with Crippen molar-refractivity contribution in [3.63, 3.8) is 0 Å². The molecule has 9 nitrogen and oxygen atoms in total. The van der Waals surface area contributed by atoms with Crippen LogP contribution < -0.4 is 15.4 Å². The molecule has 2 atom stereocenters. The predicted octanol–water partition coefficient (Wildman–Crippen LogP) is 5.82. The van der Waals surface area contributed by atoms with E-state index in [0.29, 0.717) is 42.8 Å². The number of rotatable bonds is 5. The maximum Gasteiger partial charge on any atom is 0.319 e. The van der Waals surface area contributed by atoms with Gasteiger partial charge in [-0.25, -0.2) is 18.2 Å². The molecule has 0 bridgehead atoms. The van der Waals surface area contributed by atoms with Crippen molar-refractivity contribution in [1.82, 2.24) is 24.8 Å². The lowest BCUT2D eigenvalue weighted by molar-refractivity contribution is -0.142. The highest BCUT2D eigenvalue weighted by Gasteiger charge is 2.50. The van der Waals surface area contributed by atoms with Crippen molar-refractivity contribution in [2.24, 2.45) is 5.41 Å². The second-order valence-electron chi connectivity index (χ2n) is 13.3. The molecule has 0 saturated carbocycles. The van der Waals surface area contributed by atoms with Crippen molar-refractivity contribution < 1.29 is 22.7 Å². The molecule has 2 aromatic heterocycles. The number of carbonyl (C=O) groups is 1. The summed E-state index contributed by atoms with van der Waals surface area (Å²) >= 11 is 7.79. The third-order valence-corrected chi connectivity index (χ3v) is 11.7. The Hall–Kier alpha value is -3.42. The largest absolute Gasteiger partial charge is 0.461 e. The number of thiazole rings is 1. The van der Waals surface area contributed by atoms with Gasteiger partial charge in [0.15, 0.2) is 10.9 Å². The number of anilines is 2. The Kier molecular flexibility index (Phi) is 7.04. The summed E-state index contributed by atoms with van der Waals surface area (Å²) in [5.74, 6) is -0.625. The van der Waals surface area contributed by atoms with Crippen LogP contribution in [0, 0.1) is 17.0 Å². The number of nitrogen functional groups attached to an aromatic ring is 1. The number of benzene rings is 2. The second kappa shape index (κ2) is 10.8. The van der Waals surface area contributed by atoms with E-state index < -0.39 is 23.3 Å². The topological polar surface area (TPSA) is 101 Å². The van der Waals surface area contributed by atoms with Crippen molar-refractivity contribution in [1.29, 1.82) is 0 Å². The molecule has 4 saturated heterocycles. The molecule has 2 N–H and O–H groups in total. The van der Waals surface area contributed by atoms with Gasteiger partial charge in [0.05, 0.1) is 20.8 Å². The fourth-order valence-electron chi connectivity index (χ4n) is 8.05. The van der Waals surface area contributed by atoms with Gasteiger partial charge in [-0.05, 0) is 50.4 Å². The van der Waals surface area contributed by atoms with Gasteiger partial charge in [-0.2, -0.15) is 9.97 Å². The van der Waals surface area contributed by atoms with E-state index in [2.05, 4.69) is 19.8 Å². The first-order chi connectivity index (χ1) is 22.0. The molecule has 1 amide bonds. The van der Waals surface area contributed by atoms with Crippen LogP contribution in [0.2, 0.25) is 5.02 Å². The second-order valence-corrected chi connectivity index (χ2v) is 14.8. The number of nitrogens with zero attached hydrogens (tertiary/aromatic N) is 6. The van der Waals surface area contributed by atoms with Gasteiger partial charge >= 0.3 is 6.01 Å². The lowest BCUT2D eigenvalue weighted by Gasteiger charge is -2.54. The van der Waals surface area contributed by atoms with Crippen molar-refractivity contribution in [2.75, 3.05) is 56.5 Å². The predicted molar refractivity (Wildman–Crippen MR) is 172 cm³/mol. The lowest BCUT2D eigenvalue weighted by atomic mass is 9.72. The summed E-state index contributed by atoms with van der Waals surface area (Å²) in [4.78, 5) is 31.6. The van der Waals surface area contributed by atoms with Crippen LogP contribution in [0.1, 0.15) is 39.0 Å². The minimum Gasteiger partial charge on any atom is -0.461 e. The molecule has 0 unspecified atom stereocenters. The lowest BCUT2D eigenvalue weighted by Crippen LogP contribution is -2.61. The van der Waals surface area contributed by atoms with Gasteiger partial charge in [0, 0.05) is 68.0 Å². The van der Waals surface area contributed by atoms with Gasteiger partial charge in [0.1, 0.15) is 29.9 Å². The number of piperidine rings is 1. The summed E-state index contributed by atoms with van der Waals surface area (Å²) in [5, 5.41) is 0.686. The first-order valence-electron chi connectivity index (χ1n) is 15.6. The molecule has 46 heavy (non-hydrogen) atoms. The summed E-state index contributed by atoms with van der Waals surface area (Å²) in [6.45, 7) is 5.75. The molecule has 4 fully saturated rings. The maximum atomic E-state index is 16.8. The van der Waals surface area contributed by atoms with Crippen LogP contribution in [-0.2, 0) is 4.79 Å². The van der Waals surface area contributed by atoms with Gasteiger partial charge < -0.3 is 20.3 Å². The van der Waals surface area contributed by atoms with E-state index in [1.165, 1.54) is 12.1 Å². The number of halogens is 4. The zero-order chi connectivity index (χ0) is 32.0. The van der Waals surface area contributed by atoms with Gasteiger partial charge in [-0.1, -0.05) is 22.9 Å². The Morgan fingerprint density at radius 2 is 1.91 bits per heavy atom. The van der Waals surface area contributed by atoms with E-state index in [-0.39, 0.29) is 55.4 Å². The SMILES string of the molecule is CC(=O)N1CC2(CCN(c3nc(OC[C@@]45CCCN4C[C@H](F)C5)nc4c(F)c(-c5ccc(F)c6sc(N)nc56)c(Cl)cc34)CC2)C1. The summed E-state index contributed by atoms with van der Waals surface area (Å²) in [6, 6.07) is 4.35. The van der Waals surface area contributed by atoms with Crippen molar-refractivity contribution >= 4 is 60.9 Å². The number of hydrogen-bond donors (Lipinski definition) is 1. The summed E-state index contributed by atoms with van der Waals surface area (Å²) in [6.07, 6.45) is 2.93. The molecule has 6 heterocycles. The minimum absolute atomic E-state index is 0.00653. The van der Waals surface area contributed by atoms with Crippen molar-refractivity contribution in [2.45, 2.75) is 50.7 Å². The molecular formula is C32H33ClF3N7O2S. The first kappa shape index (κ1) is 29.9. The standard InChI is InChI=1S/C32H33ClF3N7O2S/c1-17(44)42-14-31(15-42)6-9-41(10-7-31)28-20-11-21(33)23(19-3-4-22(35)27-26(19)38-29(37)46-27)24(36)25(20)39-30(40-28)45-16-32-5-2-8-43(32)13-18(34)12-32/h3-4,11,18H,2,5-10,12-16H2,1H3,(H2,37,38)/t18-,32+/m1/s1. The number of ether oxygens (including phenoxy) is 1. The van der Waals surface area contributed by atoms with E-state index >= 15 is 4.39 Å². The van der Waals surface area contributed by atoms with Gasteiger partial charge in [-0.3, -0.25) is 9.69 Å². The van der Waals surface area contributed by atoms with E-state index in [1.54, 1.807) is 13.0 Å². The average Bonchev–Trinajstić information content (AvgIpc) is 3.67. The molecule has 4 aliphatic rings. The highest BCUT2D eigenvalue weighted by Crippen LogP contribution is 2.46. The number of alkyl halides is 1. The smallest absolute Gasteiger partial charge is 0.319 e. The minimum atomic E-state index is -0.919. The average molecular weight is 672 g/mol. The molecule has 1 spiro atoms. The Bertz CT molecular complexity index is 1890. The molecule has 4 aliphatic heterocycles. The van der Waals surface area contributed by atoms with Crippen LogP contribution in [0.15, 0.2) is 18.2 Å². The highest BCUT2D eigenvalue weighted by atomic mass is 35.5. The number of aromatic nitrogens is 3. The first-order valence-corrected chi connectivity index (χ1v) is 16.8. The molecule has 0 aliphatic carbocycles. The molecular weight excluding hydrogens is 639 g/mol. The van der Waals surface area contributed by atoms with E-state index in [9.17, 15) is 13.6 Å². The van der Waals surface area contributed by atoms with E-state index in [4.69, 9.17) is 27.1 Å². The van der Waals surface area contributed by atoms with Crippen LogP contribution in [0.4, 0.5) is 24.1 Å². The number of hydrogen-bond acceptors (Lipinski definition) is 9. The maximum absolute atomic E-state index is 16.8. The Morgan fingerprint density at radius 1 is 1.13 bits per heavy atom. The van der Waals surface area contributed by atoms with Gasteiger partial charge in [0.2, 0.25) is 5.91 Å². The number of carbonyl (C=O) groups excluding carboxylic acids is 1. The molecule has 8 rings (SSSR count). The van der Waals surface area contributed by atoms with Crippen molar-refractivity contribution in [3.8, 4) is 17.1 Å². The summed E-state index contributed by atoms with van der Waals surface area (Å²) < 4.78 is 52.4. The van der Waals surface area contributed by atoms with Crippen LogP contribution in [-0.4, -0.2) is 88.2 Å².